The van der Waals surface area contributed by atoms with E-state index in [0.29, 0.717) is 46.9 Å². The standard InChI is InChI=1S/C27H29N5O4S/c1-17-24(28-18(2)25(17)27(34)32-13-11-31(3)12-14-32)16-22-21-15-20(9-10-23(21)29-26(22)33)37(35,36)30-19-7-5-4-6-8-19/h4-10,15-16,28,30H,11-14H2,1-3H3,(H,29,33)/b22-16-. The zero-order valence-electron chi connectivity index (χ0n) is 21.0. The van der Waals surface area contributed by atoms with Crippen molar-refractivity contribution in [2.75, 3.05) is 43.3 Å². The molecule has 9 nitrogen and oxygen atoms in total. The molecule has 3 aromatic rings. The summed E-state index contributed by atoms with van der Waals surface area (Å²) < 4.78 is 28.6. The van der Waals surface area contributed by atoms with Gasteiger partial charge in [0.1, 0.15) is 0 Å². The zero-order chi connectivity index (χ0) is 26.3. The highest BCUT2D eigenvalue weighted by molar-refractivity contribution is 7.92. The van der Waals surface area contributed by atoms with Gasteiger partial charge in [0.25, 0.3) is 21.8 Å². The summed E-state index contributed by atoms with van der Waals surface area (Å²) >= 11 is 0. The number of aromatic amines is 1. The Morgan fingerprint density at radius 3 is 2.43 bits per heavy atom. The fraction of sp³-hybridized carbons (Fsp3) is 0.259. The van der Waals surface area contributed by atoms with Crippen molar-refractivity contribution in [2.24, 2.45) is 0 Å². The molecule has 0 unspecified atom stereocenters. The smallest absolute Gasteiger partial charge is 0.261 e. The van der Waals surface area contributed by atoms with E-state index in [1.807, 2.05) is 25.8 Å². The lowest BCUT2D eigenvalue weighted by Crippen LogP contribution is -2.47. The molecule has 2 aromatic carbocycles. The Morgan fingerprint density at radius 2 is 1.73 bits per heavy atom. The van der Waals surface area contributed by atoms with Crippen LogP contribution in [0.25, 0.3) is 11.6 Å². The third-order valence-corrected chi connectivity index (χ3v) is 8.26. The maximum atomic E-state index is 13.3. The Morgan fingerprint density at radius 1 is 1.03 bits per heavy atom. The van der Waals surface area contributed by atoms with Gasteiger partial charge in [0.2, 0.25) is 0 Å². The number of carbonyl (C=O) groups excluding carboxylic acids is 2. The topological polar surface area (TPSA) is 115 Å². The normalized spacial score (nSPS) is 17.1. The molecule has 0 saturated carbocycles. The number of fused-ring (bicyclic) bond motifs is 1. The zero-order valence-corrected chi connectivity index (χ0v) is 21.8. The number of aryl methyl sites for hydroxylation is 1. The third-order valence-electron chi connectivity index (χ3n) is 6.88. The van der Waals surface area contributed by atoms with Crippen molar-refractivity contribution < 1.29 is 18.0 Å². The van der Waals surface area contributed by atoms with Gasteiger partial charge in [0.05, 0.1) is 16.0 Å². The summed E-state index contributed by atoms with van der Waals surface area (Å²) in [6.45, 7) is 6.69. The molecule has 10 heteroatoms. The highest BCUT2D eigenvalue weighted by Crippen LogP contribution is 2.36. The van der Waals surface area contributed by atoms with E-state index in [2.05, 4.69) is 19.9 Å². The molecular weight excluding hydrogens is 490 g/mol. The predicted molar refractivity (Wildman–Crippen MR) is 144 cm³/mol. The predicted octanol–water partition coefficient (Wildman–Crippen LogP) is 3.31. The number of likely N-dealkylation sites (N-methyl/N-ethyl adjacent to an activating group) is 1. The summed E-state index contributed by atoms with van der Waals surface area (Å²) in [5, 5.41) is 2.80. The average Bonchev–Trinajstić information content (AvgIpc) is 3.33. The SMILES string of the molecule is Cc1[nH]c(/C=C2\C(=O)Nc3ccc(S(=O)(=O)Nc4ccccc4)cc32)c(C)c1C(=O)N1CCN(C)CC1. The van der Waals surface area contributed by atoms with Gasteiger partial charge in [-0.15, -0.1) is 0 Å². The number of carbonyl (C=O) groups is 2. The molecule has 37 heavy (non-hydrogen) atoms. The lowest BCUT2D eigenvalue weighted by molar-refractivity contribution is -0.110. The van der Waals surface area contributed by atoms with Crippen molar-refractivity contribution in [1.82, 2.24) is 14.8 Å². The maximum Gasteiger partial charge on any atom is 0.261 e. The van der Waals surface area contributed by atoms with Gasteiger partial charge < -0.3 is 20.1 Å². The van der Waals surface area contributed by atoms with E-state index in [9.17, 15) is 18.0 Å². The molecule has 1 saturated heterocycles. The first kappa shape index (κ1) is 24.8. The van der Waals surface area contributed by atoms with E-state index in [1.165, 1.54) is 12.1 Å². The molecule has 0 atom stereocenters. The number of benzene rings is 2. The number of H-pyrrole nitrogens is 1. The summed E-state index contributed by atoms with van der Waals surface area (Å²) in [4.78, 5) is 33.5. The van der Waals surface area contributed by atoms with Crippen molar-refractivity contribution in [3.05, 3.63) is 76.6 Å². The van der Waals surface area contributed by atoms with Gasteiger partial charge in [-0.25, -0.2) is 8.42 Å². The van der Waals surface area contributed by atoms with Gasteiger partial charge in [0.15, 0.2) is 0 Å². The Labute approximate surface area is 216 Å². The van der Waals surface area contributed by atoms with Gasteiger partial charge >= 0.3 is 0 Å². The molecule has 2 aliphatic heterocycles. The number of hydrogen-bond donors (Lipinski definition) is 3. The van der Waals surface area contributed by atoms with Crippen LogP contribution in [0.15, 0.2) is 53.4 Å². The van der Waals surface area contributed by atoms with E-state index in [4.69, 9.17) is 0 Å². The number of hydrogen-bond acceptors (Lipinski definition) is 5. The molecule has 2 aliphatic rings. The second kappa shape index (κ2) is 9.53. The highest BCUT2D eigenvalue weighted by Gasteiger charge is 2.29. The number of rotatable bonds is 5. The molecule has 1 aromatic heterocycles. The molecule has 3 heterocycles. The molecule has 192 valence electrons. The summed E-state index contributed by atoms with van der Waals surface area (Å²) in [5.41, 5.74) is 4.53. The second-order valence-corrected chi connectivity index (χ2v) is 11.1. The molecule has 0 spiro atoms. The summed E-state index contributed by atoms with van der Waals surface area (Å²) in [5.74, 6) is -0.361. The lowest BCUT2D eigenvalue weighted by atomic mass is 10.0. The molecule has 2 amide bonds. The van der Waals surface area contributed by atoms with E-state index in [0.717, 1.165) is 24.3 Å². The lowest BCUT2D eigenvalue weighted by Gasteiger charge is -2.32. The fourth-order valence-electron chi connectivity index (χ4n) is 4.75. The summed E-state index contributed by atoms with van der Waals surface area (Å²) in [6.07, 6.45) is 1.69. The number of nitrogens with zero attached hydrogens (tertiary/aromatic N) is 2. The first-order chi connectivity index (χ1) is 17.6. The number of nitrogens with one attached hydrogen (secondary N) is 3. The Kier molecular flexibility index (Phi) is 6.38. The number of anilines is 2. The van der Waals surface area contributed by atoms with E-state index in [1.54, 1.807) is 42.5 Å². The summed E-state index contributed by atoms with van der Waals surface area (Å²) in [6, 6.07) is 13.2. The average molecular weight is 520 g/mol. The summed E-state index contributed by atoms with van der Waals surface area (Å²) in [7, 11) is -1.83. The first-order valence-electron chi connectivity index (χ1n) is 12.1. The van der Waals surface area contributed by atoms with Crippen molar-refractivity contribution >= 4 is 44.9 Å². The third kappa shape index (κ3) is 4.77. The van der Waals surface area contributed by atoms with E-state index in [-0.39, 0.29) is 16.7 Å². The molecule has 0 radical (unpaired) electrons. The van der Waals surface area contributed by atoms with Gasteiger partial charge in [-0.3, -0.25) is 14.3 Å². The van der Waals surface area contributed by atoms with Crippen LogP contribution in [0.3, 0.4) is 0 Å². The molecule has 0 bridgehead atoms. The number of aromatic nitrogens is 1. The molecule has 1 fully saturated rings. The Balaban J connectivity index is 1.47. The minimum atomic E-state index is -3.86. The van der Waals surface area contributed by atoms with Crippen LogP contribution in [0, 0.1) is 13.8 Å². The van der Waals surface area contributed by atoms with Crippen LogP contribution in [0.5, 0.6) is 0 Å². The number of para-hydroxylation sites is 1. The van der Waals surface area contributed by atoms with Crippen molar-refractivity contribution in [3.8, 4) is 0 Å². The van der Waals surface area contributed by atoms with Crippen LogP contribution in [-0.2, 0) is 14.8 Å². The fourth-order valence-corrected chi connectivity index (χ4v) is 5.83. The van der Waals surface area contributed by atoms with Gasteiger partial charge in [-0.05, 0) is 62.9 Å². The first-order valence-corrected chi connectivity index (χ1v) is 13.5. The molecular formula is C27H29N5O4S. The van der Waals surface area contributed by atoms with Crippen molar-refractivity contribution in [2.45, 2.75) is 18.7 Å². The number of piperazine rings is 1. The minimum absolute atomic E-state index is 0.0272. The number of amides is 2. The van der Waals surface area contributed by atoms with Crippen molar-refractivity contribution in [1.29, 1.82) is 0 Å². The van der Waals surface area contributed by atoms with Crippen LogP contribution in [0.1, 0.15) is 32.9 Å². The monoisotopic (exact) mass is 519 g/mol. The van der Waals surface area contributed by atoms with Gasteiger partial charge in [0, 0.05) is 54.5 Å². The minimum Gasteiger partial charge on any atom is -0.358 e. The highest BCUT2D eigenvalue weighted by atomic mass is 32.2. The molecule has 5 rings (SSSR count). The Hall–Kier alpha value is -3.89. The van der Waals surface area contributed by atoms with Gasteiger partial charge in [-0.2, -0.15) is 0 Å². The Bertz CT molecular complexity index is 1520. The quantitative estimate of drug-likeness (QED) is 0.448. The van der Waals surface area contributed by atoms with Crippen LogP contribution in [-0.4, -0.2) is 68.2 Å². The van der Waals surface area contributed by atoms with Gasteiger partial charge in [-0.1, -0.05) is 18.2 Å². The molecule has 0 aliphatic carbocycles. The van der Waals surface area contributed by atoms with Crippen LogP contribution in [0.4, 0.5) is 11.4 Å². The van der Waals surface area contributed by atoms with E-state index >= 15 is 0 Å². The van der Waals surface area contributed by atoms with Crippen LogP contribution in [0.2, 0.25) is 0 Å². The second-order valence-electron chi connectivity index (χ2n) is 9.45. The van der Waals surface area contributed by atoms with Crippen LogP contribution >= 0.6 is 0 Å². The molecule has 3 N–H and O–H groups in total. The van der Waals surface area contributed by atoms with E-state index < -0.39 is 10.0 Å². The number of sulfonamides is 1. The maximum absolute atomic E-state index is 13.3. The van der Waals surface area contributed by atoms with Crippen LogP contribution < -0.4 is 10.0 Å². The largest absolute Gasteiger partial charge is 0.358 e. The van der Waals surface area contributed by atoms with Crippen molar-refractivity contribution in [3.63, 3.8) is 0 Å².